The lowest BCUT2D eigenvalue weighted by Gasteiger charge is -2.26. The number of nitrogens with zero attached hydrogens (tertiary/aromatic N) is 1. The van der Waals surface area contributed by atoms with Gasteiger partial charge >= 0.3 is 6.03 Å². The lowest BCUT2D eigenvalue weighted by molar-refractivity contribution is 0.183. The first-order valence-electron chi connectivity index (χ1n) is 8.08. The molecule has 1 rings (SSSR count). The summed E-state index contributed by atoms with van der Waals surface area (Å²) in [7, 11) is 1.67. The van der Waals surface area contributed by atoms with Gasteiger partial charge in [0.1, 0.15) is 5.75 Å². The van der Waals surface area contributed by atoms with E-state index in [1.807, 2.05) is 29.2 Å². The van der Waals surface area contributed by atoms with E-state index in [-0.39, 0.29) is 6.03 Å². The first-order valence-corrected chi connectivity index (χ1v) is 8.08. The topological polar surface area (TPSA) is 41.6 Å². The van der Waals surface area contributed by atoms with Crippen molar-refractivity contribution in [3.05, 3.63) is 29.8 Å². The summed E-state index contributed by atoms with van der Waals surface area (Å²) in [6.07, 6.45) is 0.771. The number of carbonyl (C=O) groups excluding carboxylic acids is 1. The van der Waals surface area contributed by atoms with Crippen molar-refractivity contribution in [2.75, 3.05) is 26.7 Å². The summed E-state index contributed by atoms with van der Waals surface area (Å²) in [6.45, 7) is 10.7. The van der Waals surface area contributed by atoms with Crippen LogP contribution in [0.25, 0.3) is 0 Å². The number of carbonyl (C=O) groups is 1. The van der Waals surface area contributed by atoms with Gasteiger partial charge in [-0.15, -0.1) is 0 Å². The molecule has 0 saturated heterocycles. The van der Waals surface area contributed by atoms with Crippen molar-refractivity contribution in [2.45, 2.75) is 34.1 Å². The highest BCUT2D eigenvalue weighted by atomic mass is 16.5. The molecule has 2 amide bonds. The predicted molar refractivity (Wildman–Crippen MR) is 91.3 cm³/mol. The Morgan fingerprint density at radius 3 is 2.27 bits per heavy atom. The van der Waals surface area contributed by atoms with E-state index in [9.17, 15) is 4.79 Å². The number of para-hydroxylation sites is 1. The van der Waals surface area contributed by atoms with Crippen molar-refractivity contribution in [2.24, 2.45) is 11.8 Å². The monoisotopic (exact) mass is 306 g/mol. The van der Waals surface area contributed by atoms with Gasteiger partial charge in [0.25, 0.3) is 0 Å². The molecular formula is C18H30N2O2. The van der Waals surface area contributed by atoms with E-state index in [0.29, 0.717) is 18.4 Å². The lowest BCUT2D eigenvalue weighted by Crippen LogP contribution is -2.44. The zero-order valence-corrected chi connectivity index (χ0v) is 14.6. The highest BCUT2D eigenvalue weighted by Gasteiger charge is 2.15. The smallest absolute Gasteiger partial charge is 0.317 e. The molecule has 22 heavy (non-hydrogen) atoms. The van der Waals surface area contributed by atoms with Crippen LogP contribution in [0.4, 0.5) is 4.79 Å². The SMILES string of the molecule is COc1ccccc1CCNC(=O)N(CC(C)C)CC(C)C. The highest BCUT2D eigenvalue weighted by molar-refractivity contribution is 5.74. The Balaban J connectivity index is 2.52. The van der Waals surface area contributed by atoms with E-state index >= 15 is 0 Å². The van der Waals surface area contributed by atoms with Crippen LogP contribution in [0.1, 0.15) is 33.3 Å². The molecule has 1 aromatic carbocycles. The van der Waals surface area contributed by atoms with Crippen LogP contribution in [0.5, 0.6) is 5.75 Å². The Bertz CT molecular complexity index is 448. The number of rotatable bonds is 8. The minimum atomic E-state index is 0.0253. The fraction of sp³-hybridized carbons (Fsp3) is 0.611. The third-order valence-electron chi connectivity index (χ3n) is 3.32. The molecule has 0 bridgehead atoms. The molecule has 0 atom stereocenters. The molecule has 124 valence electrons. The van der Waals surface area contributed by atoms with Crippen molar-refractivity contribution < 1.29 is 9.53 Å². The average Bonchev–Trinajstić information content (AvgIpc) is 2.46. The van der Waals surface area contributed by atoms with Gasteiger partial charge in [0.05, 0.1) is 7.11 Å². The van der Waals surface area contributed by atoms with Crippen molar-refractivity contribution in [1.82, 2.24) is 10.2 Å². The summed E-state index contributed by atoms with van der Waals surface area (Å²) in [5, 5.41) is 3.02. The van der Waals surface area contributed by atoms with Gasteiger partial charge in [-0.2, -0.15) is 0 Å². The van der Waals surface area contributed by atoms with Gasteiger partial charge in [-0.1, -0.05) is 45.9 Å². The molecule has 1 aromatic rings. The van der Waals surface area contributed by atoms with E-state index in [1.54, 1.807) is 7.11 Å². The number of urea groups is 1. The second-order valence-electron chi connectivity index (χ2n) is 6.49. The van der Waals surface area contributed by atoms with Gasteiger partial charge < -0.3 is 15.0 Å². The summed E-state index contributed by atoms with van der Waals surface area (Å²) in [4.78, 5) is 14.3. The molecule has 0 aliphatic heterocycles. The van der Waals surface area contributed by atoms with Gasteiger partial charge in [0, 0.05) is 19.6 Å². The Kier molecular flexibility index (Phi) is 7.78. The van der Waals surface area contributed by atoms with Crippen LogP contribution >= 0.6 is 0 Å². The molecule has 0 aliphatic carbocycles. The number of hydrogen-bond acceptors (Lipinski definition) is 2. The molecule has 0 radical (unpaired) electrons. The average molecular weight is 306 g/mol. The van der Waals surface area contributed by atoms with E-state index < -0.39 is 0 Å². The molecule has 0 unspecified atom stereocenters. The third kappa shape index (κ3) is 6.37. The Morgan fingerprint density at radius 2 is 1.73 bits per heavy atom. The lowest BCUT2D eigenvalue weighted by atomic mass is 10.1. The predicted octanol–water partition coefficient (Wildman–Crippen LogP) is 3.56. The summed E-state index contributed by atoms with van der Waals surface area (Å²) in [6, 6.07) is 7.95. The Hall–Kier alpha value is -1.71. The highest BCUT2D eigenvalue weighted by Crippen LogP contribution is 2.17. The first kappa shape index (κ1) is 18.3. The van der Waals surface area contributed by atoms with Crippen LogP contribution in [0.2, 0.25) is 0 Å². The molecule has 0 aliphatic rings. The maximum absolute atomic E-state index is 12.3. The number of nitrogens with one attached hydrogen (secondary N) is 1. The summed E-state index contributed by atoms with van der Waals surface area (Å²) in [5.74, 6) is 1.82. The molecule has 0 heterocycles. The van der Waals surface area contributed by atoms with Crippen molar-refractivity contribution >= 4 is 6.03 Å². The van der Waals surface area contributed by atoms with Crippen molar-refractivity contribution in [3.63, 3.8) is 0 Å². The van der Waals surface area contributed by atoms with Crippen LogP contribution in [-0.4, -0.2) is 37.7 Å². The molecule has 0 aromatic heterocycles. The molecule has 0 saturated carbocycles. The molecule has 0 fully saturated rings. The normalized spacial score (nSPS) is 10.9. The Labute approximate surface area is 134 Å². The summed E-state index contributed by atoms with van der Waals surface area (Å²) >= 11 is 0. The van der Waals surface area contributed by atoms with Crippen LogP contribution in [0.15, 0.2) is 24.3 Å². The van der Waals surface area contributed by atoms with Gasteiger partial charge in [-0.25, -0.2) is 4.79 Å². The number of benzene rings is 1. The minimum absolute atomic E-state index is 0.0253. The minimum Gasteiger partial charge on any atom is -0.496 e. The summed E-state index contributed by atoms with van der Waals surface area (Å²) < 4.78 is 5.33. The van der Waals surface area contributed by atoms with Gasteiger partial charge in [-0.05, 0) is 29.9 Å². The third-order valence-corrected chi connectivity index (χ3v) is 3.32. The molecule has 0 spiro atoms. The number of hydrogen-bond donors (Lipinski definition) is 1. The zero-order valence-electron chi connectivity index (χ0n) is 14.6. The maximum Gasteiger partial charge on any atom is 0.317 e. The van der Waals surface area contributed by atoms with Crippen molar-refractivity contribution in [1.29, 1.82) is 0 Å². The standard InChI is InChI=1S/C18H30N2O2/c1-14(2)12-20(13-15(3)4)18(21)19-11-10-16-8-6-7-9-17(16)22-5/h6-9,14-15H,10-13H2,1-5H3,(H,19,21). The molecule has 1 N–H and O–H groups in total. The van der Waals surface area contributed by atoms with E-state index in [1.165, 1.54) is 0 Å². The van der Waals surface area contributed by atoms with Gasteiger partial charge in [0.2, 0.25) is 0 Å². The van der Waals surface area contributed by atoms with Gasteiger partial charge in [0.15, 0.2) is 0 Å². The zero-order chi connectivity index (χ0) is 16.5. The van der Waals surface area contributed by atoms with Gasteiger partial charge in [-0.3, -0.25) is 0 Å². The van der Waals surface area contributed by atoms with E-state index in [4.69, 9.17) is 4.74 Å². The van der Waals surface area contributed by atoms with Crippen LogP contribution in [-0.2, 0) is 6.42 Å². The number of methoxy groups -OCH3 is 1. The number of amides is 2. The van der Waals surface area contributed by atoms with Crippen LogP contribution < -0.4 is 10.1 Å². The molecule has 4 heteroatoms. The van der Waals surface area contributed by atoms with Crippen molar-refractivity contribution in [3.8, 4) is 5.75 Å². The van der Waals surface area contributed by atoms with E-state index in [2.05, 4.69) is 33.0 Å². The summed E-state index contributed by atoms with van der Waals surface area (Å²) in [5.41, 5.74) is 1.12. The molecule has 4 nitrogen and oxygen atoms in total. The fourth-order valence-electron chi connectivity index (χ4n) is 2.45. The Morgan fingerprint density at radius 1 is 1.14 bits per heavy atom. The molecular weight excluding hydrogens is 276 g/mol. The maximum atomic E-state index is 12.3. The first-order chi connectivity index (χ1) is 10.4. The quantitative estimate of drug-likeness (QED) is 0.798. The fourth-order valence-corrected chi connectivity index (χ4v) is 2.45. The van der Waals surface area contributed by atoms with Crippen LogP contribution in [0, 0.1) is 11.8 Å². The second-order valence-corrected chi connectivity index (χ2v) is 6.49. The van der Waals surface area contributed by atoms with E-state index in [0.717, 1.165) is 30.8 Å². The second kappa shape index (κ2) is 9.34. The van der Waals surface area contributed by atoms with Crippen LogP contribution in [0.3, 0.4) is 0 Å². The largest absolute Gasteiger partial charge is 0.496 e. The number of ether oxygens (including phenoxy) is 1.